The number of H-pyrrole nitrogens is 1. The van der Waals surface area contributed by atoms with E-state index in [1.165, 1.54) is 0 Å². The van der Waals surface area contributed by atoms with Crippen LogP contribution in [0.5, 0.6) is 0 Å². The number of carbonyl (C=O) groups excluding carboxylic acids is 1. The Bertz CT molecular complexity index is 1360. The molecule has 5 rings (SSSR count). The second kappa shape index (κ2) is 7.33. The topological polar surface area (TPSA) is 79.8 Å². The Morgan fingerprint density at radius 1 is 0.900 bits per heavy atom. The number of amides is 1. The van der Waals surface area contributed by atoms with E-state index < -0.39 is 0 Å². The van der Waals surface area contributed by atoms with E-state index in [1.807, 2.05) is 65.2 Å². The van der Waals surface area contributed by atoms with Gasteiger partial charge in [0.1, 0.15) is 12.4 Å². The maximum atomic E-state index is 12.8. The standard InChI is InChI=1S/C24H18N4O2/c29-22(27-17-11-9-16(10-12-17)24-25-13-14-26-24)15-28-20-7-3-1-5-18(20)23(30)19-6-2-4-8-21(19)28/h1-14H,15H2,(H,25,26)(H,27,29). The number of rotatable bonds is 4. The van der Waals surface area contributed by atoms with Crippen LogP contribution in [0.2, 0.25) is 0 Å². The molecule has 0 aliphatic heterocycles. The number of imidazole rings is 1. The van der Waals surface area contributed by atoms with Gasteiger partial charge in [0.25, 0.3) is 0 Å². The molecule has 0 bridgehead atoms. The molecule has 3 aromatic carbocycles. The lowest BCUT2D eigenvalue weighted by atomic mass is 10.1. The van der Waals surface area contributed by atoms with Gasteiger partial charge in [-0.25, -0.2) is 4.98 Å². The molecule has 0 spiro atoms. The number of benzene rings is 3. The van der Waals surface area contributed by atoms with Gasteiger partial charge >= 0.3 is 0 Å². The van der Waals surface area contributed by atoms with Crippen LogP contribution in [0.25, 0.3) is 33.2 Å². The highest BCUT2D eigenvalue weighted by molar-refractivity contribution is 5.97. The van der Waals surface area contributed by atoms with Crippen LogP contribution in [0.15, 0.2) is 90.0 Å². The first kappa shape index (κ1) is 17.9. The summed E-state index contributed by atoms with van der Waals surface area (Å²) in [6, 6.07) is 22.2. The lowest BCUT2D eigenvalue weighted by molar-refractivity contribution is -0.116. The molecular weight excluding hydrogens is 376 g/mol. The molecule has 0 aliphatic carbocycles. The molecule has 0 saturated carbocycles. The smallest absolute Gasteiger partial charge is 0.244 e. The summed E-state index contributed by atoms with van der Waals surface area (Å²) >= 11 is 0. The summed E-state index contributed by atoms with van der Waals surface area (Å²) in [6.45, 7) is 0.0985. The molecular formula is C24H18N4O2. The fraction of sp³-hybridized carbons (Fsp3) is 0.0417. The molecule has 0 atom stereocenters. The zero-order chi connectivity index (χ0) is 20.5. The van der Waals surface area contributed by atoms with Crippen molar-refractivity contribution in [3.05, 3.63) is 95.4 Å². The molecule has 0 fully saturated rings. The van der Waals surface area contributed by atoms with Gasteiger partial charge in [0.2, 0.25) is 5.91 Å². The van der Waals surface area contributed by atoms with E-state index in [-0.39, 0.29) is 17.9 Å². The summed E-state index contributed by atoms with van der Waals surface area (Å²) in [5.74, 6) is 0.610. The van der Waals surface area contributed by atoms with Crippen molar-refractivity contribution in [2.75, 3.05) is 5.32 Å². The average Bonchev–Trinajstić information content (AvgIpc) is 3.32. The summed E-state index contributed by atoms with van der Waals surface area (Å²) in [7, 11) is 0. The van der Waals surface area contributed by atoms with Crippen LogP contribution in [-0.4, -0.2) is 20.4 Å². The first-order chi connectivity index (χ1) is 14.7. The molecule has 0 saturated heterocycles. The predicted molar refractivity (Wildman–Crippen MR) is 118 cm³/mol. The maximum Gasteiger partial charge on any atom is 0.244 e. The summed E-state index contributed by atoms with van der Waals surface area (Å²) in [5, 5.41) is 4.15. The maximum absolute atomic E-state index is 12.8. The van der Waals surface area contributed by atoms with Crippen molar-refractivity contribution < 1.29 is 4.79 Å². The fourth-order valence-electron chi connectivity index (χ4n) is 3.73. The van der Waals surface area contributed by atoms with Gasteiger partial charge in [0.05, 0.1) is 11.0 Å². The minimum absolute atomic E-state index is 0.0219. The number of aromatic nitrogens is 3. The van der Waals surface area contributed by atoms with E-state index >= 15 is 0 Å². The highest BCUT2D eigenvalue weighted by Gasteiger charge is 2.13. The van der Waals surface area contributed by atoms with Gasteiger partial charge in [-0.2, -0.15) is 0 Å². The van der Waals surface area contributed by atoms with E-state index in [2.05, 4.69) is 15.3 Å². The summed E-state index contributed by atoms with van der Waals surface area (Å²) in [5.41, 5.74) is 3.10. The van der Waals surface area contributed by atoms with Crippen molar-refractivity contribution in [3.63, 3.8) is 0 Å². The second-order valence-corrected chi connectivity index (χ2v) is 7.01. The van der Waals surface area contributed by atoms with E-state index in [0.29, 0.717) is 16.5 Å². The van der Waals surface area contributed by atoms with Crippen molar-refractivity contribution in [1.29, 1.82) is 0 Å². The Morgan fingerprint density at radius 2 is 1.53 bits per heavy atom. The van der Waals surface area contributed by atoms with Crippen molar-refractivity contribution >= 4 is 33.4 Å². The fourth-order valence-corrected chi connectivity index (χ4v) is 3.73. The minimum atomic E-state index is -0.167. The summed E-state index contributed by atoms with van der Waals surface area (Å²) in [6.07, 6.45) is 3.47. The van der Waals surface area contributed by atoms with Crippen LogP contribution in [0.1, 0.15) is 0 Å². The van der Waals surface area contributed by atoms with Gasteiger partial charge in [-0.15, -0.1) is 0 Å². The molecule has 30 heavy (non-hydrogen) atoms. The van der Waals surface area contributed by atoms with Crippen LogP contribution in [0.3, 0.4) is 0 Å². The molecule has 6 nitrogen and oxygen atoms in total. The third kappa shape index (κ3) is 3.14. The molecule has 5 aromatic rings. The van der Waals surface area contributed by atoms with Crippen molar-refractivity contribution in [1.82, 2.24) is 14.5 Å². The third-order valence-corrected chi connectivity index (χ3v) is 5.12. The van der Waals surface area contributed by atoms with Crippen molar-refractivity contribution in [3.8, 4) is 11.4 Å². The largest absolute Gasteiger partial charge is 0.345 e. The van der Waals surface area contributed by atoms with E-state index in [9.17, 15) is 9.59 Å². The number of para-hydroxylation sites is 2. The monoisotopic (exact) mass is 394 g/mol. The van der Waals surface area contributed by atoms with Gasteiger partial charge in [-0.05, 0) is 48.5 Å². The number of pyridine rings is 1. The van der Waals surface area contributed by atoms with Gasteiger partial charge in [0, 0.05) is 34.4 Å². The molecule has 6 heteroatoms. The Labute approximate surface area is 171 Å². The lowest BCUT2D eigenvalue weighted by Crippen LogP contribution is -2.21. The zero-order valence-electron chi connectivity index (χ0n) is 16.0. The number of hydrogen-bond acceptors (Lipinski definition) is 3. The quantitative estimate of drug-likeness (QED) is 0.449. The van der Waals surface area contributed by atoms with Crippen molar-refractivity contribution in [2.45, 2.75) is 6.54 Å². The van der Waals surface area contributed by atoms with Crippen LogP contribution in [-0.2, 0) is 11.3 Å². The molecule has 2 N–H and O–H groups in total. The normalized spacial score (nSPS) is 11.1. The Hall–Kier alpha value is -4.19. The minimum Gasteiger partial charge on any atom is -0.345 e. The molecule has 0 radical (unpaired) electrons. The number of nitrogens with zero attached hydrogens (tertiary/aromatic N) is 2. The first-order valence-corrected chi connectivity index (χ1v) is 9.61. The number of carbonyl (C=O) groups is 1. The van der Waals surface area contributed by atoms with Gasteiger partial charge in [-0.3, -0.25) is 9.59 Å². The Morgan fingerprint density at radius 3 is 2.13 bits per heavy atom. The van der Waals surface area contributed by atoms with Crippen LogP contribution >= 0.6 is 0 Å². The predicted octanol–water partition coefficient (Wildman–Crippen LogP) is 4.18. The number of hydrogen-bond donors (Lipinski definition) is 2. The van der Waals surface area contributed by atoms with Gasteiger partial charge in [0.15, 0.2) is 5.43 Å². The zero-order valence-corrected chi connectivity index (χ0v) is 16.0. The highest BCUT2D eigenvalue weighted by Crippen LogP contribution is 2.20. The third-order valence-electron chi connectivity index (χ3n) is 5.12. The second-order valence-electron chi connectivity index (χ2n) is 7.01. The van der Waals surface area contributed by atoms with Crippen LogP contribution in [0.4, 0.5) is 5.69 Å². The van der Waals surface area contributed by atoms with E-state index in [4.69, 9.17) is 0 Å². The number of anilines is 1. The first-order valence-electron chi connectivity index (χ1n) is 9.61. The average molecular weight is 394 g/mol. The number of aromatic amines is 1. The van der Waals surface area contributed by atoms with Crippen LogP contribution < -0.4 is 10.7 Å². The molecule has 146 valence electrons. The molecule has 1 amide bonds. The van der Waals surface area contributed by atoms with E-state index in [1.54, 1.807) is 24.5 Å². The molecule has 2 aromatic heterocycles. The number of nitrogens with one attached hydrogen (secondary N) is 2. The SMILES string of the molecule is O=C(Cn1c2ccccc2c(=O)c2ccccc21)Nc1ccc(-c2ncc[nH]2)cc1. The van der Waals surface area contributed by atoms with Crippen LogP contribution in [0, 0.1) is 0 Å². The lowest BCUT2D eigenvalue weighted by Gasteiger charge is -2.15. The van der Waals surface area contributed by atoms with E-state index in [0.717, 1.165) is 22.4 Å². The Kier molecular flexibility index (Phi) is 4.37. The summed E-state index contributed by atoms with van der Waals surface area (Å²) in [4.78, 5) is 32.9. The van der Waals surface area contributed by atoms with Gasteiger partial charge < -0.3 is 14.9 Å². The highest BCUT2D eigenvalue weighted by atomic mass is 16.2. The Balaban J connectivity index is 1.47. The molecule has 2 heterocycles. The van der Waals surface area contributed by atoms with Crippen molar-refractivity contribution in [2.24, 2.45) is 0 Å². The summed E-state index contributed by atoms with van der Waals surface area (Å²) < 4.78 is 1.89. The van der Waals surface area contributed by atoms with Gasteiger partial charge in [-0.1, -0.05) is 24.3 Å². The molecule has 0 unspecified atom stereocenters. The molecule has 0 aliphatic rings. The number of fused-ring (bicyclic) bond motifs is 2.